The fourth-order valence-electron chi connectivity index (χ4n) is 3.36. The van der Waals surface area contributed by atoms with Crippen LogP contribution in [0.15, 0.2) is 24.3 Å². The predicted octanol–water partition coefficient (Wildman–Crippen LogP) is 1.67. The summed E-state index contributed by atoms with van der Waals surface area (Å²) in [7, 11) is 0. The summed E-state index contributed by atoms with van der Waals surface area (Å²) < 4.78 is 0. The summed E-state index contributed by atoms with van der Waals surface area (Å²) in [5.41, 5.74) is 1.03. The highest BCUT2D eigenvalue weighted by molar-refractivity contribution is 6.08. The average Bonchev–Trinajstić information content (AvgIpc) is 2.81. The maximum atomic E-state index is 12.3. The quantitative estimate of drug-likeness (QED) is 0.860. The van der Waals surface area contributed by atoms with Gasteiger partial charge in [-0.15, -0.1) is 0 Å². The Morgan fingerprint density at radius 3 is 2.22 bits per heavy atom. The van der Waals surface area contributed by atoms with E-state index in [4.69, 9.17) is 5.26 Å². The highest BCUT2D eigenvalue weighted by Gasteiger charge is 2.48. The van der Waals surface area contributed by atoms with Gasteiger partial charge in [-0.05, 0) is 37.1 Å². The number of anilines is 1. The topological polar surface area (TPSA) is 90.3 Å². The lowest BCUT2D eigenvalue weighted by atomic mass is 9.81. The van der Waals surface area contributed by atoms with E-state index in [0.717, 1.165) is 30.6 Å². The lowest BCUT2D eigenvalue weighted by molar-refractivity contribution is -0.142. The van der Waals surface area contributed by atoms with Gasteiger partial charge in [0.05, 0.1) is 23.5 Å². The molecular weight excluding hydrogens is 294 g/mol. The van der Waals surface area contributed by atoms with Crippen molar-refractivity contribution < 1.29 is 14.4 Å². The molecule has 1 heterocycles. The van der Waals surface area contributed by atoms with Crippen LogP contribution in [0.2, 0.25) is 0 Å². The van der Waals surface area contributed by atoms with Crippen LogP contribution >= 0.6 is 0 Å². The number of amides is 3. The Labute approximate surface area is 134 Å². The first-order valence-corrected chi connectivity index (χ1v) is 7.75. The zero-order valence-corrected chi connectivity index (χ0v) is 12.6. The zero-order valence-electron chi connectivity index (χ0n) is 12.6. The molecule has 2 unspecified atom stereocenters. The number of benzene rings is 1. The third kappa shape index (κ3) is 2.95. The average molecular weight is 311 g/mol. The molecule has 6 heteroatoms. The summed E-state index contributed by atoms with van der Waals surface area (Å²) in [6.45, 7) is -0.245. The van der Waals surface area contributed by atoms with Crippen molar-refractivity contribution in [3.05, 3.63) is 29.8 Å². The lowest BCUT2D eigenvalue weighted by Gasteiger charge is -2.19. The van der Waals surface area contributed by atoms with Crippen molar-refractivity contribution in [3.63, 3.8) is 0 Å². The van der Waals surface area contributed by atoms with Crippen molar-refractivity contribution in [2.75, 3.05) is 11.9 Å². The molecule has 0 bridgehead atoms. The summed E-state index contributed by atoms with van der Waals surface area (Å²) in [6.07, 6.45) is 3.41. The van der Waals surface area contributed by atoms with Gasteiger partial charge in [0.2, 0.25) is 17.7 Å². The van der Waals surface area contributed by atoms with Crippen molar-refractivity contribution in [1.29, 1.82) is 5.26 Å². The third-order valence-corrected chi connectivity index (χ3v) is 4.53. The highest BCUT2D eigenvalue weighted by atomic mass is 16.2. The molecule has 2 fully saturated rings. The minimum atomic E-state index is -0.407. The van der Waals surface area contributed by atoms with E-state index in [-0.39, 0.29) is 30.2 Å². The Morgan fingerprint density at radius 1 is 1.13 bits per heavy atom. The van der Waals surface area contributed by atoms with Gasteiger partial charge >= 0.3 is 0 Å². The summed E-state index contributed by atoms with van der Waals surface area (Å²) in [4.78, 5) is 37.8. The molecule has 1 N–H and O–H groups in total. The first-order chi connectivity index (χ1) is 11.1. The van der Waals surface area contributed by atoms with E-state index in [0.29, 0.717) is 11.3 Å². The molecule has 1 saturated carbocycles. The monoisotopic (exact) mass is 311 g/mol. The van der Waals surface area contributed by atoms with Crippen molar-refractivity contribution in [2.45, 2.75) is 25.7 Å². The van der Waals surface area contributed by atoms with Crippen LogP contribution < -0.4 is 5.32 Å². The zero-order chi connectivity index (χ0) is 16.4. The summed E-state index contributed by atoms with van der Waals surface area (Å²) in [5.74, 6) is -1.31. The molecule has 3 rings (SSSR count). The third-order valence-electron chi connectivity index (χ3n) is 4.53. The highest BCUT2D eigenvalue weighted by Crippen LogP contribution is 2.37. The minimum Gasteiger partial charge on any atom is -0.325 e. The van der Waals surface area contributed by atoms with Gasteiger partial charge in [-0.2, -0.15) is 5.26 Å². The van der Waals surface area contributed by atoms with Crippen molar-refractivity contribution >= 4 is 23.4 Å². The first-order valence-electron chi connectivity index (χ1n) is 7.75. The molecule has 1 saturated heterocycles. The van der Waals surface area contributed by atoms with Crippen LogP contribution in [0.1, 0.15) is 31.2 Å². The molecule has 1 aliphatic heterocycles. The molecule has 118 valence electrons. The number of nitrogens with zero attached hydrogens (tertiary/aromatic N) is 2. The first kappa shape index (κ1) is 15.2. The number of carbonyl (C=O) groups is 3. The molecule has 2 aliphatic rings. The van der Waals surface area contributed by atoms with Gasteiger partial charge < -0.3 is 5.32 Å². The second kappa shape index (κ2) is 6.21. The Kier molecular flexibility index (Phi) is 4.11. The SMILES string of the molecule is N#Cc1ccc(NC(=O)CN2C(=O)C3CCCCC3C2=O)cc1. The molecule has 0 aromatic heterocycles. The van der Waals surface area contributed by atoms with Crippen LogP contribution in [-0.2, 0) is 14.4 Å². The molecule has 3 amide bonds. The number of carbonyl (C=O) groups excluding carboxylic acids is 3. The van der Waals surface area contributed by atoms with E-state index in [2.05, 4.69) is 5.32 Å². The van der Waals surface area contributed by atoms with Gasteiger partial charge in [-0.25, -0.2) is 0 Å². The smallest absolute Gasteiger partial charge is 0.244 e. The van der Waals surface area contributed by atoms with E-state index in [1.54, 1.807) is 24.3 Å². The molecule has 1 aromatic carbocycles. The van der Waals surface area contributed by atoms with Crippen LogP contribution in [0.3, 0.4) is 0 Å². The van der Waals surface area contributed by atoms with Crippen LogP contribution in [0.25, 0.3) is 0 Å². The lowest BCUT2D eigenvalue weighted by Crippen LogP contribution is -2.38. The second-order valence-corrected chi connectivity index (χ2v) is 6.00. The summed E-state index contributed by atoms with van der Waals surface area (Å²) >= 11 is 0. The van der Waals surface area contributed by atoms with Gasteiger partial charge in [0, 0.05) is 5.69 Å². The minimum absolute atomic E-state index is 0.213. The second-order valence-electron chi connectivity index (χ2n) is 6.00. The predicted molar refractivity (Wildman–Crippen MR) is 82.0 cm³/mol. The molecule has 6 nitrogen and oxygen atoms in total. The number of hydrogen-bond acceptors (Lipinski definition) is 4. The summed E-state index contributed by atoms with van der Waals surface area (Å²) in [5, 5.41) is 11.4. The fourth-order valence-corrected chi connectivity index (χ4v) is 3.36. The molecule has 1 aliphatic carbocycles. The van der Waals surface area contributed by atoms with Crippen molar-refractivity contribution in [1.82, 2.24) is 4.90 Å². The van der Waals surface area contributed by atoms with Gasteiger partial charge in [0.1, 0.15) is 6.54 Å². The van der Waals surface area contributed by atoms with Crippen molar-refractivity contribution in [2.24, 2.45) is 11.8 Å². The number of fused-ring (bicyclic) bond motifs is 1. The molecule has 0 spiro atoms. The maximum absolute atomic E-state index is 12.3. The normalized spacial score (nSPS) is 23.3. The van der Waals surface area contributed by atoms with Crippen LogP contribution in [0, 0.1) is 23.2 Å². The molecule has 0 radical (unpaired) electrons. The largest absolute Gasteiger partial charge is 0.325 e. The summed E-state index contributed by atoms with van der Waals surface area (Å²) in [6, 6.07) is 8.41. The molecular formula is C17H17N3O3. The Hall–Kier alpha value is -2.68. The Bertz CT molecular complexity index is 666. The van der Waals surface area contributed by atoms with E-state index in [1.807, 2.05) is 6.07 Å². The van der Waals surface area contributed by atoms with Crippen LogP contribution in [0.5, 0.6) is 0 Å². The number of likely N-dealkylation sites (tertiary alicyclic amines) is 1. The molecule has 1 aromatic rings. The Morgan fingerprint density at radius 2 is 1.70 bits per heavy atom. The van der Waals surface area contributed by atoms with E-state index >= 15 is 0 Å². The standard InChI is InChI=1S/C17H17N3O3/c18-9-11-5-7-12(8-6-11)19-15(21)10-20-16(22)13-3-1-2-4-14(13)17(20)23/h5-8,13-14H,1-4,10H2,(H,19,21). The number of hydrogen-bond donors (Lipinski definition) is 1. The number of nitrogens with one attached hydrogen (secondary N) is 1. The van der Waals surface area contributed by atoms with Crippen molar-refractivity contribution in [3.8, 4) is 6.07 Å². The van der Waals surface area contributed by atoms with E-state index in [1.165, 1.54) is 0 Å². The van der Waals surface area contributed by atoms with Gasteiger partial charge in [0.15, 0.2) is 0 Å². The van der Waals surface area contributed by atoms with Crippen LogP contribution in [-0.4, -0.2) is 29.2 Å². The Balaban J connectivity index is 1.64. The fraction of sp³-hybridized carbons (Fsp3) is 0.412. The van der Waals surface area contributed by atoms with E-state index in [9.17, 15) is 14.4 Å². The van der Waals surface area contributed by atoms with Gasteiger partial charge in [-0.3, -0.25) is 19.3 Å². The number of imide groups is 1. The van der Waals surface area contributed by atoms with Crippen LogP contribution in [0.4, 0.5) is 5.69 Å². The maximum Gasteiger partial charge on any atom is 0.244 e. The van der Waals surface area contributed by atoms with E-state index < -0.39 is 5.91 Å². The van der Waals surface area contributed by atoms with Gasteiger partial charge in [-0.1, -0.05) is 12.8 Å². The number of rotatable bonds is 3. The van der Waals surface area contributed by atoms with Gasteiger partial charge in [0.25, 0.3) is 0 Å². The molecule has 2 atom stereocenters. The number of nitriles is 1. The molecule has 23 heavy (non-hydrogen) atoms.